The first-order chi connectivity index (χ1) is 7.76. The number of ether oxygens (including phenoxy) is 1. The topological polar surface area (TPSA) is 34.4 Å². The van der Waals surface area contributed by atoms with Gasteiger partial charge in [0.1, 0.15) is 5.75 Å². The Morgan fingerprint density at radius 2 is 1.88 bits per heavy atom. The number of hydrogen-bond donors (Lipinski definition) is 1. The maximum atomic E-state index is 9.30. The molecule has 0 bridgehead atoms. The fraction of sp³-hybridized carbons (Fsp3) is 0.231. The highest BCUT2D eigenvalue weighted by atomic mass is 16.5. The van der Waals surface area contributed by atoms with Gasteiger partial charge in [0.05, 0.1) is 19.4 Å². The van der Waals surface area contributed by atoms with Gasteiger partial charge in [0.2, 0.25) is 0 Å². The molecule has 0 aliphatic heterocycles. The lowest BCUT2D eigenvalue weighted by atomic mass is 10.2. The number of methoxy groups -OCH3 is 1. The zero-order chi connectivity index (χ0) is 11.5. The van der Waals surface area contributed by atoms with Crippen molar-refractivity contribution in [2.75, 3.05) is 7.11 Å². The van der Waals surface area contributed by atoms with Crippen LogP contribution in [-0.4, -0.2) is 16.8 Å². The van der Waals surface area contributed by atoms with E-state index in [2.05, 4.69) is 0 Å². The van der Waals surface area contributed by atoms with E-state index in [9.17, 15) is 5.11 Å². The first kappa shape index (κ1) is 10.8. The van der Waals surface area contributed by atoms with Crippen molar-refractivity contribution < 1.29 is 9.84 Å². The van der Waals surface area contributed by atoms with Gasteiger partial charge in [-0.25, -0.2) is 0 Å². The third-order valence-electron chi connectivity index (χ3n) is 2.72. The average Bonchev–Trinajstić information content (AvgIpc) is 2.70. The van der Waals surface area contributed by atoms with Crippen molar-refractivity contribution in [1.29, 1.82) is 0 Å². The van der Waals surface area contributed by atoms with Crippen LogP contribution in [0.4, 0.5) is 0 Å². The molecule has 0 saturated carbocycles. The van der Waals surface area contributed by atoms with Gasteiger partial charge in [0.25, 0.3) is 0 Å². The van der Waals surface area contributed by atoms with Crippen LogP contribution in [0.5, 0.6) is 5.75 Å². The quantitative estimate of drug-likeness (QED) is 0.856. The van der Waals surface area contributed by atoms with Gasteiger partial charge in [-0.15, -0.1) is 0 Å². The minimum absolute atomic E-state index is 0.0465. The van der Waals surface area contributed by atoms with Crippen LogP contribution in [-0.2, 0) is 6.61 Å². The molecule has 1 heterocycles. The molecule has 1 N–H and O–H groups in total. The molecule has 0 radical (unpaired) electrons. The predicted octanol–water partition coefficient (Wildman–Crippen LogP) is 2.29. The molecule has 2 rings (SSSR count). The molecule has 0 saturated heterocycles. The van der Waals surface area contributed by atoms with E-state index >= 15 is 0 Å². The van der Waals surface area contributed by atoms with Crippen LogP contribution in [0.3, 0.4) is 0 Å². The molecular weight excluding hydrogens is 202 g/mol. The van der Waals surface area contributed by atoms with E-state index in [-0.39, 0.29) is 6.61 Å². The Kier molecular flexibility index (Phi) is 2.97. The third kappa shape index (κ3) is 1.82. The van der Waals surface area contributed by atoms with E-state index in [0.717, 1.165) is 22.7 Å². The molecule has 1 aromatic carbocycles. The number of hydrogen-bond acceptors (Lipinski definition) is 2. The van der Waals surface area contributed by atoms with E-state index in [1.54, 1.807) is 7.11 Å². The summed E-state index contributed by atoms with van der Waals surface area (Å²) >= 11 is 0. The summed E-state index contributed by atoms with van der Waals surface area (Å²) in [7, 11) is 1.65. The number of nitrogens with zero attached hydrogens (tertiary/aromatic N) is 1. The summed E-state index contributed by atoms with van der Waals surface area (Å²) in [4.78, 5) is 0. The van der Waals surface area contributed by atoms with Gasteiger partial charge < -0.3 is 14.4 Å². The van der Waals surface area contributed by atoms with Crippen LogP contribution >= 0.6 is 0 Å². The number of aryl methyl sites for hydroxylation is 1. The average molecular weight is 217 g/mol. The Labute approximate surface area is 94.9 Å². The van der Waals surface area contributed by atoms with E-state index in [0.29, 0.717) is 0 Å². The molecule has 0 spiro atoms. The highest BCUT2D eigenvalue weighted by molar-refractivity contribution is 5.41. The minimum atomic E-state index is 0.0465. The summed E-state index contributed by atoms with van der Waals surface area (Å²) in [5, 5.41) is 9.30. The molecule has 3 heteroatoms. The van der Waals surface area contributed by atoms with Crippen LogP contribution < -0.4 is 4.74 Å². The lowest BCUT2D eigenvalue weighted by Gasteiger charge is -2.09. The van der Waals surface area contributed by atoms with Gasteiger partial charge in [-0.3, -0.25) is 0 Å². The number of aliphatic hydroxyl groups is 1. The summed E-state index contributed by atoms with van der Waals surface area (Å²) in [5.41, 5.74) is 3.04. The molecule has 0 aliphatic rings. The largest absolute Gasteiger partial charge is 0.497 e. The molecular formula is C13H15NO2. The highest BCUT2D eigenvalue weighted by Gasteiger charge is 2.06. The van der Waals surface area contributed by atoms with Crippen molar-refractivity contribution in [1.82, 2.24) is 4.57 Å². The van der Waals surface area contributed by atoms with Gasteiger partial charge in [-0.1, -0.05) is 0 Å². The number of aliphatic hydroxyl groups excluding tert-OH is 1. The molecule has 0 fully saturated rings. The summed E-state index contributed by atoms with van der Waals surface area (Å²) in [6, 6.07) is 9.75. The Morgan fingerprint density at radius 3 is 2.44 bits per heavy atom. The van der Waals surface area contributed by atoms with Gasteiger partial charge in [0.15, 0.2) is 0 Å². The van der Waals surface area contributed by atoms with E-state index in [1.165, 1.54) is 0 Å². The van der Waals surface area contributed by atoms with Crippen molar-refractivity contribution in [3.8, 4) is 11.4 Å². The van der Waals surface area contributed by atoms with E-state index in [4.69, 9.17) is 4.74 Å². The first-order valence-electron chi connectivity index (χ1n) is 5.18. The smallest absolute Gasteiger partial charge is 0.119 e. The Balaban J connectivity index is 2.42. The number of aromatic nitrogens is 1. The van der Waals surface area contributed by atoms with Crippen molar-refractivity contribution >= 4 is 0 Å². The van der Waals surface area contributed by atoms with Crippen molar-refractivity contribution in [2.45, 2.75) is 13.5 Å². The zero-order valence-electron chi connectivity index (χ0n) is 9.47. The van der Waals surface area contributed by atoms with Gasteiger partial charge in [-0.2, -0.15) is 0 Å². The summed E-state index contributed by atoms with van der Waals surface area (Å²) in [6.45, 7) is 2.04. The second kappa shape index (κ2) is 4.41. The molecule has 0 unspecified atom stereocenters. The van der Waals surface area contributed by atoms with E-state index in [1.807, 2.05) is 48.0 Å². The normalized spacial score (nSPS) is 10.4. The molecule has 1 aromatic heterocycles. The monoisotopic (exact) mass is 217 g/mol. The Bertz CT molecular complexity index is 471. The third-order valence-corrected chi connectivity index (χ3v) is 2.72. The zero-order valence-corrected chi connectivity index (χ0v) is 9.47. The molecule has 16 heavy (non-hydrogen) atoms. The SMILES string of the molecule is COc1ccc(-n2ccc(C)c2CO)cc1. The maximum Gasteiger partial charge on any atom is 0.119 e. The molecule has 2 aromatic rings. The molecule has 0 aliphatic carbocycles. The van der Waals surface area contributed by atoms with Crippen molar-refractivity contribution in [3.05, 3.63) is 47.8 Å². The molecule has 0 atom stereocenters. The molecule has 84 valence electrons. The summed E-state index contributed by atoms with van der Waals surface area (Å²) < 4.78 is 7.09. The maximum absolute atomic E-state index is 9.30. The van der Waals surface area contributed by atoms with Crippen LogP contribution in [0.15, 0.2) is 36.5 Å². The van der Waals surface area contributed by atoms with Crippen LogP contribution in [0, 0.1) is 6.92 Å². The van der Waals surface area contributed by atoms with Crippen molar-refractivity contribution in [3.63, 3.8) is 0 Å². The van der Waals surface area contributed by atoms with Gasteiger partial charge in [-0.05, 0) is 42.8 Å². The summed E-state index contributed by atoms with van der Waals surface area (Å²) in [5.74, 6) is 0.832. The van der Waals surface area contributed by atoms with Crippen LogP contribution in [0.2, 0.25) is 0 Å². The predicted molar refractivity (Wildman–Crippen MR) is 63.0 cm³/mol. The Morgan fingerprint density at radius 1 is 1.19 bits per heavy atom. The molecule has 0 amide bonds. The second-order valence-electron chi connectivity index (χ2n) is 3.67. The first-order valence-corrected chi connectivity index (χ1v) is 5.18. The van der Waals surface area contributed by atoms with Gasteiger partial charge >= 0.3 is 0 Å². The lowest BCUT2D eigenvalue weighted by molar-refractivity contribution is 0.274. The fourth-order valence-corrected chi connectivity index (χ4v) is 1.75. The molecule has 3 nitrogen and oxygen atoms in total. The summed E-state index contributed by atoms with van der Waals surface area (Å²) in [6.07, 6.45) is 1.96. The lowest BCUT2D eigenvalue weighted by Crippen LogP contribution is -1.99. The fourth-order valence-electron chi connectivity index (χ4n) is 1.75. The van der Waals surface area contributed by atoms with E-state index < -0.39 is 0 Å². The number of benzene rings is 1. The van der Waals surface area contributed by atoms with Crippen LogP contribution in [0.25, 0.3) is 5.69 Å². The minimum Gasteiger partial charge on any atom is -0.497 e. The number of rotatable bonds is 3. The van der Waals surface area contributed by atoms with Crippen LogP contribution in [0.1, 0.15) is 11.3 Å². The standard InChI is InChI=1S/C13H15NO2/c1-10-7-8-14(13(10)9-15)11-3-5-12(16-2)6-4-11/h3-8,15H,9H2,1-2H3. The Hall–Kier alpha value is -1.74. The second-order valence-corrected chi connectivity index (χ2v) is 3.67. The highest BCUT2D eigenvalue weighted by Crippen LogP contribution is 2.19. The van der Waals surface area contributed by atoms with Gasteiger partial charge in [0, 0.05) is 11.9 Å². The van der Waals surface area contributed by atoms with Crippen molar-refractivity contribution in [2.24, 2.45) is 0 Å².